The summed E-state index contributed by atoms with van der Waals surface area (Å²) in [4.78, 5) is 27.9. The van der Waals surface area contributed by atoms with Gasteiger partial charge in [-0.1, -0.05) is 88.4 Å². The minimum Gasteiger partial charge on any atom is -0.408 e. The van der Waals surface area contributed by atoms with Crippen LogP contribution in [-0.4, -0.2) is 94.3 Å². The second kappa shape index (κ2) is 21.5. The van der Waals surface area contributed by atoms with E-state index in [4.69, 9.17) is 37.4 Å². The van der Waals surface area contributed by atoms with E-state index in [1.54, 1.807) is 27.6 Å². The number of benzene rings is 2. The van der Waals surface area contributed by atoms with E-state index in [9.17, 15) is 14.2 Å². The molecule has 2 heterocycles. The fourth-order valence-electron chi connectivity index (χ4n) is 6.43. The maximum absolute atomic E-state index is 14.4. The van der Waals surface area contributed by atoms with Gasteiger partial charge in [0.05, 0.1) is 58.0 Å². The van der Waals surface area contributed by atoms with E-state index < -0.39 is 63.7 Å². The van der Waals surface area contributed by atoms with Gasteiger partial charge in [-0.3, -0.25) is 13.9 Å². The summed E-state index contributed by atoms with van der Waals surface area (Å²) < 4.78 is 67.4. The molecule has 2 unspecified atom stereocenters. The first-order valence-corrected chi connectivity index (χ1v) is 25.0. The predicted molar refractivity (Wildman–Crippen MR) is 224 cm³/mol. The zero-order valence-corrected chi connectivity index (χ0v) is 37.4. The molecule has 15 heteroatoms. The largest absolute Gasteiger partial charge is 0.408 e. The zero-order valence-electron chi connectivity index (χ0n) is 35.5. The molecule has 1 aliphatic rings. The highest BCUT2D eigenvalue weighted by Crippen LogP contribution is 2.48. The number of hydrogen-bond acceptors (Lipinski definition) is 11. The van der Waals surface area contributed by atoms with Crippen LogP contribution in [0, 0.1) is 6.92 Å². The molecule has 0 radical (unpaired) electrons. The summed E-state index contributed by atoms with van der Waals surface area (Å²) >= 11 is 0. The molecule has 1 saturated heterocycles. The van der Waals surface area contributed by atoms with Crippen LogP contribution in [0.2, 0.25) is 18.1 Å². The Morgan fingerprint density at radius 1 is 0.912 bits per heavy atom. The third-order valence-corrected chi connectivity index (χ3v) is 16.9. The van der Waals surface area contributed by atoms with E-state index in [1.165, 1.54) is 10.8 Å². The number of aromatic nitrogens is 2. The van der Waals surface area contributed by atoms with Crippen LogP contribution in [0.5, 0.6) is 0 Å². The van der Waals surface area contributed by atoms with Gasteiger partial charge < -0.3 is 37.4 Å². The predicted octanol–water partition coefficient (Wildman–Crippen LogP) is 7.14. The molecule has 4 rings (SSSR count). The van der Waals surface area contributed by atoms with E-state index in [0.29, 0.717) is 18.6 Å². The van der Waals surface area contributed by atoms with Gasteiger partial charge in [0.15, 0.2) is 14.5 Å². The van der Waals surface area contributed by atoms with Gasteiger partial charge in [-0.25, -0.2) is 9.36 Å². The molecule has 13 nitrogen and oxygen atoms in total. The highest BCUT2D eigenvalue weighted by atomic mass is 31.2. The van der Waals surface area contributed by atoms with E-state index in [2.05, 4.69) is 33.9 Å². The van der Waals surface area contributed by atoms with E-state index in [1.807, 2.05) is 67.6 Å². The van der Waals surface area contributed by atoms with Crippen LogP contribution in [0.25, 0.3) is 0 Å². The highest BCUT2D eigenvalue weighted by Gasteiger charge is 2.55. The van der Waals surface area contributed by atoms with Crippen molar-refractivity contribution in [2.24, 2.45) is 0 Å². The van der Waals surface area contributed by atoms with Crippen molar-refractivity contribution in [1.82, 2.24) is 9.13 Å². The van der Waals surface area contributed by atoms with Gasteiger partial charge in [0.1, 0.15) is 25.0 Å². The first-order chi connectivity index (χ1) is 27.0. The Balaban J connectivity index is 1.79. The van der Waals surface area contributed by atoms with Gasteiger partial charge in [-0.05, 0) is 49.5 Å². The second-order valence-electron chi connectivity index (χ2n) is 16.2. The average Bonchev–Trinajstić information content (AvgIpc) is 3.50. The molecule has 7 atom stereocenters. The zero-order chi connectivity index (χ0) is 41.8. The Morgan fingerprint density at radius 2 is 1.53 bits per heavy atom. The van der Waals surface area contributed by atoms with E-state index >= 15 is 0 Å². The lowest BCUT2D eigenvalue weighted by molar-refractivity contribution is -0.134. The van der Waals surface area contributed by atoms with Crippen molar-refractivity contribution in [3.05, 3.63) is 104 Å². The Bertz CT molecular complexity index is 1830. The van der Waals surface area contributed by atoms with Gasteiger partial charge in [0, 0.05) is 25.5 Å². The number of aryl methyl sites for hydroxylation is 1. The smallest absolute Gasteiger partial charge is 0.335 e. The van der Waals surface area contributed by atoms with Gasteiger partial charge in [-0.2, -0.15) is 0 Å². The van der Waals surface area contributed by atoms with Crippen LogP contribution in [-0.2, 0) is 61.9 Å². The number of methoxy groups -OCH3 is 1. The topological polar surface area (TPSA) is 135 Å². The second-order valence-corrected chi connectivity index (χ2v) is 23.6. The fraction of sp³-hybridized carbons (Fsp3) is 0.619. The highest BCUT2D eigenvalue weighted by molar-refractivity contribution is 7.58. The van der Waals surface area contributed by atoms with E-state index in [0.717, 1.165) is 15.7 Å². The Morgan fingerprint density at radius 3 is 2.09 bits per heavy atom. The normalized spacial score (nSPS) is 21.0. The lowest BCUT2D eigenvalue weighted by atomic mass is 10.1. The van der Waals surface area contributed by atoms with E-state index in [-0.39, 0.29) is 51.0 Å². The molecule has 0 bridgehead atoms. The molecule has 0 aliphatic carbocycles. The molecule has 1 aromatic heterocycles. The molecule has 1 aliphatic heterocycles. The molecule has 0 amide bonds. The molecule has 0 N–H and O–H groups in total. The fourth-order valence-corrected chi connectivity index (χ4v) is 9.33. The quantitative estimate of drug-likeness (QED) is 0.0549. The van der Waals surface area contributed by atoms with Crippen LogP contribution in [0.15, 0.2) is 76.4 Å². The van der Waals surface area contributed by atoms with Crippen molar-refractivity contribution >= 4 is 15.7 Å². The molecule has 0 saturated carbocycles. The Kier molecular flexibility index (Phi) is 17.7. The molecule has 57 heavy (non-hydrogen) atoms. The van der Waals surface area contributed by atoms with Gasteiger partial charge in [0.25, 0.3) is 5.56 Å². The van der Waals surface area contributed by atoms with Crippen molar-refractivity contribution in [3.63, 3.8) is 0 Å². The third kappa shape index (κ3) is 13.1. The van der Waals surface area contributed by atoms with Crippen molar-refractivity contribution in [2.75, 3.05) is 46.4 Å². The summed E-state index contributed by atoms with van der Waals surface area (Å²) in [6.07, 6.45) is -2.74. The monoisotopic (exact) mass is 832 g/mol. The standard InChI is InChI=1S/C42H65N2O11PSi/c1-11-34(28-49-26-32-19-15-13-16-20-32)53-35(29-56(8,47)52-12-2)36-37(55-57(9,10)42(4,5)6)38(51-24-23-48-7)40(54-36)43-25-31(3)39(45)44(41(43)46)30-50-27-33-21-17-14-18-22-33/h13-22,25,34-38,40H,11-12,23-24,26-30H2,1-10H3/t34?,35-,36-,37-,38-,40-,56?/m1/s1. The summed E-state index contributed by atoms with van der Waals surface area (Å²) in [5.41, 5.74) is 1.14. The minimum absolute atomic E-state index is 0.0102. The lowest BCUT2D eigenvalue weighted by Crippen LogP contribution is -2.53. The Hall–Kier alpha value is -2.75. The molecule has 318 valence electrons. The number of rotatable bonds is 23. The van der Waals surface area contributed by atoms with Gasteiger partial charge in [-0.15, -0.1) is 0 Å². The van der Waals surface area contributed by atoms with Gasteiger partial charge in [0.2, 0.25) is 7.37 Å². The lowest BCUT2D eigenvalue weighted by Gasteiger charge is -2.42. The summed E-state index contributed by atoms with van der Waals surface area (Å²) in [5, 5.41) is -0.220. The summed E-state index contributed by atoms with van der Waals surface area (Å²) in [7, 11) is -4.24. The van der Waals surface area contributed by atoms with Crippen molar-refractivity contribution in [2.45, 2.75) is 123 Å². The third-order valence-electron chi connectivity index (χ3n) is 10.6. The molecular weight excluding hydrogens is 768 g/mol. The maximum Gasteiger partial charge on any atom is 0.335 e. The van der Waals surface area contributed by atoms with Gasteiger partial charge >= 0.3 is 5.69 Å². The van der Waals surface area contributed by atoms with Crippen molar-refractivity contribution in [3.8, 4) is 0 Å². The summed E-state index contributed by atoms with van der Waals surface area (Å²) in [6, 6.07) is 19.4. The van der Waals surface area contributed by atoms with Crippen LogP contribution in [0.3, 0.4) is 0 Å². The first kappa shape index (κ1) is 46.9. The van der Waals surface area contributed by atoms with Crippen LogP contribution < -0.4 is 11.2 Å². The molecule has 0 spiro atoms. The Labute approximate surface area is 339 Å². The summed E-state index contributed by atoms with van der Waals surface area (Å²) in [5.74, 6) is 0. The van der Waals surface area contributed by atoms with Crippen molar-refractivity contribution in [1.29, 1.82) is 0 Å². The average molecular weight is 833 g/mol. The number of ether oxygens (including phenoxy) is 6. The minimum atomic E-state index is -3.24. The van der Waals surface area contributed by atoms with Crippen molar-refractivity contribution < 1.29 is 41.9 Å². The first-order valence-electron chi connectivity index (χ1n) is 19.9. The van der Waals surface area contributed by atoms with Crippen LogP contribution in [0.1, 0.15) is 64.0 Å². The SMILES string of the molecule is CCOP(C)(=O)C[C@@H](OC(CC)COCc1ccccc1)[C@H]1O[C@@H](n2cc(C)c(=O)n(COCc3ccccc3)c2=O)[C@H](OCCOC)[C@@H]1O[Si](C)(C)C(C)(C)C. The molecular formula is C42H65N2O11PSi. The number of nitrogens with zero attached hydrogens (tertiary/aromatic N) is 2. The molecule has 1 fully saturated rings. The number of hydrogen-bond donors (Lipinski definition) is 0. The maximum atomic E-state index is 14.4. The molecule has 3 aromatic rings. The van der Waals surface area contributed by atoms with Crippen LogP contribution >= 0.6 is 7.37 Å². The van der Waals surface area contributed by atoms with Crippen LogP contribution in [0.4, 0.5) is 0 Å². The summed E-state index contributed by atoms with van der Waals surface area (Å²) in [6.45, 7) is 19.0. The molecule has 2 aromatic carbocycles.